The van der Waals surface area contributed by atoms with Gasteiger partial charge in [-0.05, 0) is 72.2 Å². The van der Waals surface area contributed by atoms with Crippen LogP contribution in [0.1, 0.15) is 77.8 Å². The maximum Gasteiger partial charge on any atom is 0.223 e. The molecule has 0 radical (unpaired) electrons. The van der Waals surface area contributed by atoms with Crippen LogP contribution in [0.3, 0.4) is 0 Å². The zero-order valence-corrected chi connectivity index (χ0v) is 23.2. The van der Waals surface area contributed by atoms with Crippen molar-refractivity contribution in [2.75, 3.05) is 0 Å². The van der Waals surface area contributed by atoms with Crippen LogP contribution < -0.4 is 0 Å². The Morgan fingerprint density at radius 3 is 2.15 bits per heavy atom. The Labute approximate surface area is 217 Å². The van der Waals surface area contributed by atoms with Crippen molar-refractivity contribution in [1.82, 2.24) is 0 Å². The summed E-state index contributed by atoms with van der Waals surface area (Å²) < 4.78 is 0. The summed E-state index contributed by atoms with van der Waals surface area (Å²) in [7, 11) is 0. The third-order valence-electron chi connectivity index (χ3n) is 5.91. The highest BCUT2D eigenvalue weighted by Crippen LogP contribution is 2.27. The molecule has 0 N–H and O–H groups in total. The lowest BCUT2D eigenvalue weighted by molar-refractivity contribution is 0.438. The average molecular weight is 500 g/mol. The van der Waals surface area contributed by atoms with Gasteiger partial charge in [0.2, 0.25) is 5.29 Å². The number of rotatable bonds is 9. The Balaban J connectivity index is 0.000000546. The molecule has 0 aliphatic heterocycles. The molecule has 2 nitrogen and oxygen atoms in total. The van der Waals surface area contributed by atoms with Crippen molar-refractivity contribution in [3.63, 3.8) is 0 Å². The summed E-state index contributed by atoms with van der Waals surface area (Å²) in [6.07, 6.45) is 9.00. The number of hydrogen-bond donors (Lipinski definition) is 0. The predicted molar refractivity (Wildman–Crippen MR) is 155 cm³/mol. The van der Waals surface area contributed by atoms with Crippen molar-refractivity contribution < 1.29 is 0 Å². The standard InChI is InChI=1S/C21H20Cl2N2.C9H20/c1-5-19(15(3)24-21(23)25-16(4)22)20-13-18(12-11-14(20)2)17-9-7-6-8-10-17;1-4-7-8-9(5-2)6-3/h5-13H,4H2,1-3H3;9H,4-8H2,1-3H3/b19-5-,24-15+,25-21-;. The van der Waals surface area contributed by atoms with E-state index in [9.17, 15) is 0 Å². The van der Waals surface area contributed by atoms with Gasteiger partial charge >= 0.3 is 0 Å². The Kier molecular flexibility index (Phi) is 14.5. The number of halogens is 2. The van der Waals surface area contributed by atoms with Gasteiger partial charge in [0.15, 0.2) is 0 Å². The molecule has 0 atom stereocenters. The van der Waals surface area contributed by atoms with Crippen molar-refractivity contribution in [3.8, 4) is 11.1 Å². The molecule has 0 aromatic heterocycles. The molecule has 2 aromatic carbocycles. The van der Waals surface area contributed by atoms with E-state index in [0.29, 0.717) is 0 Å². The highest BCUT2D eigenvalue weighted by Gasteiger charge is 2.10. The predicted octanol–water partition coefficient (Wildman–Crippen LogP) is 10.4. The zero-order valence-electron chi connectivity index (χ0n) is 21.7. The molecule has 0 amide bonds. The Bertz CT molecular complexity index is 984. The lowest BCUT2D eigenvalue weighted by Crippen LogP contribution is -2.02. The number of unbranched alkanes of at least 4 members (excludes halogenated alkanes) is 1. The van der Waals surface area contributed by atoms with E-state index in [1.54, 1.807) is 0 Å². The largest absolute Gasteiger partial charge is 0.223 e. The van der Waals surface area contributed by atoms with Crippen LogP contribution in [0.5, 0.6) is 0 Å². The van der Waals surface area contributed by atoms with Crippen molar-refractivity contribution in [2.45, 2.75) is 73.6 Å². The smallest absolute Gasteiger partial charge is 0.223 e. The minimum absolute atomic E-state index is 0.0636. The van der Waals surface area contributed by atoms with E-state index in [-0.39, 0.29) is 10.5 Å². The summed E-state index contributed by atoms with van der Waals surface area (Å²) in [6, 6.07) is 16.7. The zero-order chi connectivity index (χ0) is 25.5. The van der Waals surface area contributed by atoms with Gasteiger partial charge in [0, 0.05) is 5.71 Å². The highest BCUT2D eigenvalue weighted by molar-refractivity contribution is 6.66. The van der Waals surface area contributed by atoms with Gasteiger partial charge in [0.05, 0.1) is 0 Å². The number of aryl methyl sites for hydroxylation is 1. The van der Waals surface area contributed by atoms with Gasteiger partial charge in [-0.1, -0.05) is 120 Å². The molecule has 0 fully saturated rings. The van der Waals surface area contributed by atoms with E-state index in [4.69, 9.17) is 23.2 Å². The van der Waals surface area contributed by atoms with Crippen LogP contribution in [-0.2, 0) is 0 Å². The van der Waals surface area contributed by atoms with E-state index >= 15 is 0 Å². The molecule has 0 saturated heterocycles. The maximum atomic E-state index is 6.02. The minimum atomic E-state index is 0.0636. The topological polar surface area (TPSA) is 24.7 Å². The van der Waals surface area contributed by atoms with Crippen molar-refractivity contribution >= 4 is 39.8 Å². The fourth-order valence-corrected chi connectivity index (χ4v) is 4.15. The summed E-state index contributed by atoms with van der Waals surface area (Å²) in [5.41, 5.74) is 6.37. The first-order valence-electron chi connectivity index (χ1n) is 12.2. The van der Waals surface area contributed by atoms with Crippen LogP contribution in [0.2, 0.25) is 0 Å². The number of amidine groups is 1. The lowest BCUT2D eigenvalue weighted by Gasteiger charge is -2.13. The van der Waals surface area contributed by atoms with E-state index < -0.39 is 0 Å². The molecular formula is C30H40Cl2N2. The third-order valence-corrected chi connectivity index (χ3v) is 6.16. The number of nitrogens with zero attached hydrogens (tertiary/aromatic N) is 2. The molecular weight excluding hydrogens is 459 g/mol. The first kappa shape index (κ1) is 29.9. The Hall–Kier alpha value is -2.16. The Morgan fingerprint density at radius 2 is 1.62 bits per heavy atom. The second-order valence-corrected chi connectivity index (χ2v) is 9.15. The van der Waals surface area contributed by atoms with Gasteiger partial charge in [-0.2, -0.15) is 0 Å². The molecule has 0 aliphatic carbocycles. The molecule has 184 valence electrons. The van der Waals surface area contributed by atoms with Gasteiger partial charge < -0.3 is 0 Å². The van der Waals surface area contributed by atoms with E-state index in [1.807, 2.05) is 38.1 Å². The van der Waals surface area contributed by atoms with Crippen LogP contribution in [0.4, 0.5) is 0 Å². The first-order valence-corrected chi connectivity index (χ1v) is 13.0. The molecule has 4 heteroatoms. The molecule has 0 spiro atoms. The number of benzene rings is 2. The van der Waals surface area contributed by atoms with Gasteiger partial charge in [-0.15, -0.1) is 0 Å². The summed E-state index contributed by atoms with van der Waals surface area (Å²) in [4.78, 5) is 8.18. The Morgan fingerprint density at radius 1 is 0.971 bits per heavy atom. The van der Waals surface area contributed by atoms with Crippen LogP contribution in [0, 0.1) is 12.8 Å². The molecule has 2 rings (SSSR count). The van der Waals surface area contributed by atoms with Crippen molar-refractivity contribution in [1.29, 1.82) is 0 Å². The van der Waals surface area contributed by atoms with Gasteiger partial charge in [0.1, 0.15) is 5.16 Å². The van der Waals surface area contributed by atoms with Gasteiger partial charge in [0.25, 0.3) is 0 Å². The number of hydrogen-bond acceptors (Lipinski definition) is 1. The van der Waals surface area contributed by atoms with E-state index in [2.05, 4.69) is 74.6 Å². The third kappa shape index (κ3) is 10.4. The highest BCUT2D eigenvalue weighted by atomic mass is 35.5. The lowest BCUT2D eigenvalue weighted by atomic mass is 9.93. The fourth-order valence-electron chi connectivity index (χ4n) is 3.80. The molecule has 34 heavy (non-hydrogen) atoms. The summed E-state index contributed by atoms with van der Waals surface area (Å²) >= 11 is 11.7. The van der Waals surface area contributed by atoms with Gasteiger partial charge in [-0.3, -0.25) is 0 Å². The normalized spacial score (nSPS) is 12.4. The first-order chi connectivity index (χ1) is 16.3. The quantitative estimate of drug-likeness (QED) is 0.186. The van der Waals surface area contributed by atoms with Crippen LogP contribution in [-0.4, -0.2) is 11.0 Å². The second kappa shape index (κ2) is 16.5. The van der Waals surface area contributed by atoms with Gasteiger partial charge in [-0.25, -0.2) is 9.98 Å². The molecule has 0 saturated carbocycles. The molecule has 0 unspecified atom stereocenters. The van der Waals surface area contributed by atoms with E-state index in [0.717, 1.165) is 33.9 Å². The molecule has 0 aliphatic rings. The second-order valence-electron chi connectivity index (χ2n) is 8.38. The van der Waals surface area contributed by atoms with Crippen LogP contribution in [0.25, 0.3) is 16.7 Å². The SMILES string of the molecule is C=C(Cl)\N=C(Cl)/N=C(C)/C(=C/C)c1cc(-c2ccccc2)ccc1C.CCCCC(CC)CC. The maximum absolute atomic E-state index is 6.02. The summed E-state index contributed by atoms with van der Waals surface area (Å²) in [5, 5.41) is 0.166. The summed E-state index contributed by atoms with van der Waals surface area (Å²) in [6.45, 7) is 16.3. The number of allylic oxidation sites excluding steroid dienone is 2. The number of aliphatic imine (C=N–C) groups is 2. The van der Waals surface area contributed by atoms with Crippen LogP contribution >= 0.6 is 23.2 Å². The van der Waals surface area contributed by atoms with Crippen molar-refractivity contribution in [3.05, 3.63) is 77.5 Å². The molecule has 0 bridgehead atoms. The summed E-state index contributed by atoms with van der Waals surface area (Å²) in [5.74, 6) is 1.00. The monoisotopic (exact) mass is 498 g/mol. The minimum Gasteiger partial charge on any atom is -0.223 e. The average Bonchev–Trinajstić information content (AvgIpc) is 2.82. The molecule has 2 aromatic rings. The molecule has 0 heterocycles. The van der Waals surface area contributed by atoms with Crippen LogP contribution in [0.15, 0.2) is 76.3 Å². The van der Waals surface area contributed by atoms with E-state index in [1.165, 1.54) is 37.7 Å². The fraction of sp³-hybridized carbons (Fsp3) is 0.400. The van der Waals surface area contributed by atoms with Crippen molar-refractivity contribution in [2.24, 2.45) is 15.9 Å².